The van der Waals surface area contributed by atoms with Gasteiger partial charge in [0.25, 0.3) is 0 Å². The summed E-state index contributed by atoms with van der Waals surface area (Å²) in [5, 5.41) is 2.99. The number of aryl methyl sites for hydroxylation is 3. The Bertz CT molecular complexity index is 1250. The van der Waals surface area contributed by atoms with Crippen molar-refractivity contribution < 1.29 is 14.3 Å². The number of amides is 1. The van der Waals surface area contributed by atoms with Gasteiger partial charge in [-0.2, -0.15) is 0 Å². The van der Waals surface area contributed by atoms with Gasteiger partial charge in [-0.3, -0.25) is 4.79 Å². The van der Waals surface area contributed by atoms with Crippen LogP contribution in [0, 0.1) is 6.92 Å². The lowest BCUT2D eigenvalue weighted by atomic mass is 10.1. The Balaban J connectivity index is 1.37. The Labute approximate surface area is 187 Å². The van der Waals surface area contributed by atoms with Crippen LogP contribution in [0.3, 0.4) is 0 Å². The number of methoxy groups -OCH3 is 2. The minimum Gasteiger partial charge on any atom is -0.493 e. The summed E-state index contributed by atoms with van der Waals surface area (Å²) < 4.78 is 10.6. The van der Waals surface area contributed by atoms with E-state index in [2.05, 4.69) is 40.4 Å². The van der Waals surface area contributed by atoms with E-state index in [4.69, 9.17) is 9.47 Å². The van der Waals surface area contributed by atoms with Gasteiger partial charge in [0.2, 0.25) is 5.91 Å². The van der Waals surface area contributed by atoms with Crippen LogP contribution in [0.5, 0.6) is 11.5 Å². The summed E-state index contributed by atoms with van der Waals surface area (Å²) in [5.74, 6) is 2.14. The average Bonchev–Trinajstić information content (AvgIpc) is 3.19. The number of aromatic nitrogens is 2. The average molecular weight is 430 g/mol. The molecular weight excluding hydrogens is 402 g/mol. The Morgan fingerprint density at radius 3 is 2.59 bits per heavy atom. The van der Waals surface area contributed by atoms with E-state index < -0.39 is 0 Å². The van der Waals surface area contributed by atoms with Gasteiger partial charge in [-0.05, 0) is 66.4 Å². The molecule has 1 aromatic heterocycles. The molecule has 0 fully saturated rings. The third kappa shape index (κ3) is 5.09. The summed E-state index contributed by atoms with van der Waals surface area (Å²) in [6.45, 7) is 2.07. The maximum Gasteiger partial charge on any atom is 0.228 e. The standard InChI is InChI=1S/C26H27N3O3/c1-17-7-10-21-22(13-17)29-25(28-21)12-9-18-5-4-6-20(14-18)27-26(30)16-19-8-11-23(31-2)24(15-19)32-3/h4-8,10-11,13-15H,9,12,16H2,1-3H3,(H,27,30)(H,28,29). The van der Waals surface area contributed by atoms with Gasteiger partial charge < -0.3 is 19.8 Å². The first-order valence-electron chi connectivity index (χ1n) is 10.6. The second-order valence-electron chi connectivity index (χ2n) is 7.82. The first-order valence-corrected chi connectivity index (χ1v) is 10.6. The zero-order valence-electron chi connectivity index (χ0n) is 18.6. The second kappa shape index (κ2) is 9.56. The van der Waals surface area contributed by atoms with Gasteiger partial charge in [0.1, 0.15) is 5.82 Å². The maximum absolute atomic E-state index is 12.6. The van der Waals surface area contributed by atoms with E-state index in [1.807, 2.05) is 36.4 Å². The molecule has 1 amide bonds. The van der Waals surface area contributed by atoms with E-state index >= 15 is 0 Å². The Kier molecular flexibility index (Phi) is 6.40. The Morgan fingerprint density at radius 1 is 0.938 bits per heavy atom. The van der Waals surface area contributed by atoms with E-state index in [0.29, 0.717) is 11.5 Å². The summed E-state index contributed by atoms with van der Waals surface area (Å²) in [6, 6.07) is 19.7. The number of aromatic amines is 1. The number of hydrogen-bond acceptors (Lipinski definition) is 4. The molecule has 0 saturated carbocycles. The van der Waals surface area contributed by atoms with Crippen molar-refractivity contribution in [1.29, 1.82) is 0 Å². The monoisotopic (exact) mass is 429 g/mol. The topological polar surface area (TPSA) is 76.2 Å². The van der Waals surface area contributed by atoms with Crippen LogP contribution in [-0.4, -0.2) is 30.1 Å². The molecule has 164 valence electrons. The molecule has 6 nitrogen and oxygen atoms in total. The molecule has 0 atom stereocenters. The van der Waals surface area contributed by atoms with Gasteiger partial charge in [-0.25, -0.2) is 4.98 Å². The van der Waals surface area contributed by atoms with Gasteiger partial charge in [0.15, 0.2) is 11.5 Å². The number of rotatable bonds is 8. The minimum absolute atomic E-state index is 0.0815. The lowest BCUT2D eigenvalue weighted by Gasteiger charge is -2.10. The third-order valence-electron chi connectivity index (χ3n) is 5.36. The van der Waals surface area contributed by atoms with Crippen LogP contribution in [0.4, 0.5) is 5.69 Å². The lowest BCUT2D eigenvalue weighted by Crippen LogP contribution is -2.14. The smallest absolute Gasteiger partial charge is 0.228 e. The molecule has 2 N–H and O–H groups in total. The van der Waals surface area contributed by atoms with Crippen molar-refractivity contribution >= 4 is 22.6 Å². The number of carbonyl (C=O) groups is 1. The van der Waals surface area contributed by atoms with Crippen molar-refractivity contribution in [3.05, 3.63) is 83.2 Å². The molecule has 4 aromatic rings. The second-order valence-corrected chi connectivity index (χ2v) is 7.82. The van der Waals surface area contributed by atoms with Crippen molar-refractivity contribution in [2.75, 3.05) is 19.5 Å². The normalized spacial score (nSPS) is 10.8. The van der Waals surface area contributed by atoms with Gasteiger partial charge >= 0.3 is 0 Å². The van der Waals surface area contributed by atoms with Gasteiger partial charge in [0.05, 0.1) is 31.7 Å². The summed E-state index contributed by atoms with van der Waals surface area (Å²) in [7, 11) is 3.17. The van der Waals surface area contributed by atoms with Gasteiger partial charge in [-0.15, -0.1) is 0 Å². The minimum atomic E-state index is -0.0815. The zero-order valence-corrected chi connectivity index (χ0v) is 18.6. The predicted molar refractivity (Wildman–Crippen MR) is 127 cm³/mol. The Morgan fingerprint density at radius 2 is 1.78 bits per heavy atom. The van der Waals surface area contributed by atoms with Crippen molar-refractivity contribution in [2.24, 2.45) is 0 Å². The fourth-order valence-electron chi connectivity index (χ4n) is 3.74. The molecule has 4 rings (SSSR count). The molecule has 0 saturated heterocycles. The van der Waals surface area contributed by atoms with Gasteiger partial charge in [-0.1, -0.05) is 24.3 Å². The Hall–Kier alpha value is -3.80. The molecule has 0 aliphatic heterocycles. The van der Waals surface area contributed by atoms with E-state index in [1.54, 1.807) is 20.3 Å². The van der Waals surface area contributed by atoms with Crippen LogP contribution in [0.15, 0.2) is 60.7 Å². The summed E-state index contributed by atoms with van der Waals surface area (Å²) in [6.07, 6.45) is 1.89. The summed E-state index contributed by atoms with van der Waals surface area (Å²) >= 11 is 0. The first-order chi connectivity index (χ1) is 15.5. The third-order valence-corrected chi connectivity index (χ3v) is 5.36. The molecule has 1 heterocycles. The van der Waals surface area contributed by atoms with Crippen LogP contribution >= 0.6 is 0 Å². The van der Waals surface area contributed by atoms with Crippen LogP contribution in [0.1, 0.15) is 22.5 Å². The fourth-order valence-corrected chi connectivity index (χ4v) is 3.74. The van der Waals surface area contributed by atoms with E-state index in [-0.39, 0.29) is 12.3 Å². The number of benzene rings is 3. The highest BCUT2D eigenvalue weighted by Crippen LogP contribution is 2.27. The highest BCUT2D eigenvalue weighted by molar-refractivity contribution is 5.92. The fraction of sp³-hybridized carbons (Fsp3) is 0.231. The molecule has 0 aliphatic rings. The van der Waals surface area contributed by atoms with E-state index in [0.717, 1.165) is 46.5 Å². The van der Waals surface area contributed by atoms with Crippen LogP contribution < -0.4 is 14.8 Å². The van der Waals surface area contributed by atoms with Crippen molar-refractivity contribution in [3.8, 4) is 11.5 Å². The zero-order chi connectivity index (χ0) is 22.5. The number of nitrogens with zero attached hydrogens (tertiary/aromatic N) is 1. The van der Waals surface area contributed by atoms with Crippen molar-refractivity contribution in [2.45, 2.75) is 26.2 Å². The molecule has 0 unspecified atom stereocenters. The highest BCUT2D eigenvalue weighted by Gasteiger charge is 2.10. The van der Waals surface area contributed by atoms with Gasteiger partial charge in [0, 0.05) is 12.1 Å². The number of imidazole rings is 1. The summed E-state index contributed by atoms with van der Waals surface area (Å²) in [5.41, 5.74) is 6.05. The van der Waals surface area contributed by atoms with Crippen LogP contribution in [0.25, 0.3) is 11.0 Å². The number of H-pyrrole nitrogens is 1. The SMILES string of the molecule is COc1ccc(CC(=O)Nc2cccc(CCc3nc4ccc(C)cc4[nH]3)c2)cc1OC. The molecule has 6 heteroatoms. The van der Waals surface area contributed by atoms with E-state index in [1.165, 1.54) is 5.56 Å². The number of fused-ring (bicyclic) bond motifs is 1. The maximum atomic E-state index is 12.6. The predicted octanol–water partition coefficient (Wildman–Crippen LogP) is 4.85. The first kappa shape index (κ1) is 21.4. The number of nitrogens with one attached hydrogen (secondary N) is 2. The summed E-state index contributed by atoms with van der Waals surface area (Å²) in [4.78, 5) is 20.6. The molecule has 3 aromatic carbocycles. The van der Waals surface area contributed by atoms with Crippen molar-refractivity contribution in [1.82, 2.24) is 9.97 Å². The number of hydrogen-bond donors (Lipinski definition) is 2. The molecule has 0 spiro atoms. The molecule has 32 heavy (non-hydrogen) atoms. The van der Waals surface area contributed by atoms with Crippen molar-refractivity contribution in [3.63, 3.8) is 0 Å². The molecule has 0 radical (unpaired) electrons. The lowest BCUT2D eigenvalue weighted by molar-refractivity contribution is -0.115. The highest BCUT2D eigenvalue weighted by atomic mass is 16.5. The quantitative estimate of drug-likeness (QED) is 0.420. The van der Waals surface area contributed by atoms with Crippen LogP contribution in [0.2, 0.25) is 0 Å². The number of ether oxygens (including phenoxy) is 2. The molecule has 0 bridgehead atoms. The number of anilines is 1. The number of carbonyl (C=O) groups excluding carboxylic acids is 1. The van der Waals surface area contributed by atoms with Crippen LogP contribution in [-0.2, 0) is 24.1 Å². The molecule has 0 aliphatic carbocycles. The van der Waals surface area contributed by atoms with E-state index in [9.17, 15) is 4.79 Å². The largest absolute Gasteiger partial charge is 0.493 e. The molecular formula is C26H27N3O3.